The van der Waals surface area contributed by atoms with Crippen molar-refractivity contribution in [1.29, 1.82) is 0 Å². The van der Waals surface area contributed by atoms with Gasteiger partial charge >= 0.3 is 0 Å². The standard InChI is InChI=1S/C40H60Si/c1-3-4-5-6-7-8-9-10-11-12-13-14-15-16-17-18-19-20-21-35-22-26-37(27-23-35)39-30-32-40(33-31-39)38-28-24-36(25-29-38)34-41-2/h22-33H,3-21,34,41H2,1-2H3. The first-order valence-corrected chi connectivity index (χ1v) is 20.0. The SMILES string of the molecule is CCCCCCCCCCCCCCCCCCCCc1ccc(-c2ccc(-c3ccc(C[SiH2]C)cc3)cc2)cc1. The summed E-state index contributed by atoms with van der Waals surface area (Å²) >= 11 is 0. The van der Waals surface area contributed by atoms with Crippen molar-refractivity contribution in [3.05, 3.63) is 83.9 Å². The van der Waals surface area contributed by atoms with Gasteiger partial charge in [-0.1, -0.05) is 201 Å². The third kappa shape index (κ3) is 14.1. The van der Waals surface area contributed by atoms with Crippen molar-refractivity contribution in [1.82, 2.24) is 0 Å². The summed E-state index contributed by atoms with van der Waals surface area (Å²) in [5.41, 5.74) is 8.22. The number of rotatable bonds is 23. The van der Waals surface area contributed by atoms with Gasteiger partial charge in [-0.3, -0.25) is 0 Å². The van der Waals surface area contributed by atoms with Gasteiger partial charge < -0.3 is 0 Å². The molecule has 0 atom stereocenters. The summed E-state index contributed by atoms with van der Waals surface area (Å²) in [6, 6.07) is 28.8. The van der Waals surface area contributed by atoms with E-state index in [2.05, 4.69) is 86.3 Å². The summed E-state index contributed by atoms with van der Waals surface area (Å²) in [4.78, 5) is 0. The van der Waals surface area contributed by atoms with E-state index in [9.17, 15) is 0 Å². The summed E-state index contributed by atoms with van der Waals surface area (Å²) < 4.78 is 0. The molecule has 0 aliphatic carbocycles. The topological polar surface area (TPSA) is 0 Å². The molecule has 0 unspecified atom stereocenters. The average molecular weight is 569 g/mol. The van der Waals surface area contributed by atoms with Crippen LogP contribution in [0.25, 0.3) is 22.3 Å². The molecule has 0 spiro atoms. The maximum Gasteiger partial charge on any atom is 0.0217 e. The summed E-state index contributed by atoms with van der Waals surface area (Å²) in [6.07, 6.45) is 27.1. The Morgan fingerprint density at radius 3 is 1.00 bits per heavy atom. The zero-order valence-corrected chi connectivity index (χ0v) is 28.2. The molecule has 3 aromatic carbocycles. The highest BCUT2D eigenvalue weighted by atomic mass is 28.2. The molecule has 3 aromatic rings. The van der Waals surface area contributed by atoms with Gasteiger partial charge in [0.25, 0.3) is 0 Å². The first-order valence-electron chi connectivity index (χ1n) is 17.6. The number of aryl methyl sites for hydroxylation is 1. The molecule has 3 rings (SSSR count). The Balaban J connectivity index is 1.18. The molecule has 0 heterocycles. The van der Waals surface area contributed by atoms with Crippen LogP contribution in [0.1, 0.15) is 134 Å². The fraction of sp³-hybridized carbons (Fsp3) is 0.550. The third-order valence-electron chi connectivity index (χ3n) is 8.82. The largest absolute Gasteiger partial charge is 0.0746 e. The fourth-order valence-electron chi connectivity index (χ4n) is 6.10. The van der Waals surface area contributed by atoms with Gasteiger partial charge in [0.15, 0.2) is 0 Å². The second kappa shape index (κ2) is 21.6. The fourth-order valence-corrected chi connectivity index (χ4v) is 7.01. The Labute approximate surface area is 256 Å². The Kier molecular flexibility index (Phi) is 17.6. The number of hydrogen-bond acceptors (Lipinski definition) is 0. The van der Waals surface area contributed by atoms with Crippen molar-refractivity contribution >= 4 is 9.52 Å². The Hall–Kier alpha value is -2.12. The van der Waals surface area contributed by atoms with E-state index in [0.717, 1.165) is 0 Å². The smallest absolute Gasteiger partial charge is 0.0217 e. The van der Waals surface area contributed by atoms with Gasteiger partial charge in [0.05, 0.1) is 0 Å². The molecule has 41 heavy (non-hydrogen) atoms. The minimum absolute atomic E-state index is 0.0845. The van der Waals surface area contributed by atoms with Crippen LogP contribution in [-0.2, 0) is 12.5 Å². The number of hydrogen-bond donors (Lipinski definition) is 0. The minimum atomic E-state index is 0.0845. The van der Waals surface area contributed by atoms with Crippen LogP contribution >= 0.6 is 0 Å². The molecule has 0 saturated heterocycles. The van der Waals surface area contributed by atoms with E-state index >= 15 is 0 Å². The molecule has 0 aromatic heterocycles. The Bertz CT molecular complexity index is 1020. The monoisotopic (exact) mass is 568 g/mol. The Morgan fingerprint density at radius 1 is 0.366 bits per heavy atom. The lowest BCUT2D eigenvalue weighted by atomic mass is 9.98. The quantitative estimate of drug-likeness (QED) is 0.0788. The van der Waals surface area contributed by atoms with E-state index in [-0.39, 0.29) is 9.52 Å². The summed E-state index contributed by atoms with van der Waals surface area (Å²) in [6.45, 7) is 4.68. The predicted octanol–water partition coefficient (Wildman–Crippen LogP) is 12.3. The molecule has 0 aliphatic heterocycles. The molecule has 0 saturated carbocycles. The maximum absolute atomic E-state index is 2.38. The lowest BCUT2D eigenvalue weighted by Gasteiger charge is -2.08. The molecule has 0 amide bonds. The van der Waals surface area contributed by atoms with Gasteiger partial charge in [0, 0.05) is 9.52 Å². The van der Waals surface area contributed by atoms with Crippen molar-refractivity contribution in [3.63, 3.8) is 0 Å². The number of benzene rings is 3. The highest BCUT2D eigenvalue weighted by molar-refractivity contribution is 6.32. The van der Waals surface area contributed by atoms with Crippen molar-refractivity contribution in [2.75, 3.05) is 0 Å². The first kappa shape index (κ1) is 33.4. The molecule has 0 aliphatic rings. The van der Waals surface area contributed by atoms with Crippen LogP contribution in [0.15, 0.2) is 72.8 Å². The van der Waals surface area contributed by atoms with Crippen LogP contribution in [0, 0.1) is 0 Å². The van der Waals surface area contributed by atoms with E-state index in [1.807, 2.05) is 0 Å². The first-order chi connectivity index (χ1) is 20.3. The van der Waals surface area contributed by atoms with Crippen molar-refractivity contribution in [2.45, 2.75) is 142 Å². The highest BCUT2D eigenvalue weighted by Crippen LogP contribution is 2.26. The van der Waals surface area contributed by atoms with Crippen LogP contribution in [0.4, 0.5) is 0 Å². The van der Waals surface area contributed by atoms with Crippen LogP contribution in [-0.4, -0.2) is 9.52 Å². The normalized spacial score (nSPS) is 11.6. The van der Waals surface area contributed by atoms with Gasteiger partial charge in [0.1, 0.15) is 0 Å². The lowest BCUT2D eigenvalue weighted by Crippen LogP contribution is -1.90. The van der Waals surface area contributed by atoms with Crippen LogP contribution in [0.5, 0.6) is 0 Å². The van der Waals surface area contributed by atoms with Crippen molar-refractivity contribution in [3.8, 4) is 22.3 Å². The third-order valence-corrected chi connectivity index (χ3v) is 9.89. The van der Waals surface area contributed by atoms with Gasteiger partial charge in [0.2, 0.25) is 0 Å². The minimum Gasteiger partial charge on any atom is -0.0746 e. The molecular formula is C40H60Si. The molecule has 0 fully saturated rings. The van der Waals surface area contributed by atoms with Gasteiger partial charge in [-0.15, -0.1) is 0 Å². The van der Waals surface area contributed by atoms with Gasteiger partial charge in [-0.05, 0) is 46.7 Å². The summed E-state index contributed by atoms with van der Waals surface area (Å²) in [7, 11) is 0.0845. The van der Waals surface area contributed by atoms with Crippen molar-refractivity contribution in [2.24, 2.45) is 0 Å². The Morgan fingerprint density at radius 2 is 0.659 bits per heavy atom. The van der Waals surface area contributed by atoms with E-state index < -0.39 is 0 Å². The molecule has 0 N–H and O–H groups in total. The summed E-state index contributed by atoms with van der Waals surface area (Å²) in [5, 5.41) is 0. The van der Waals surface area contributed by atoms with E-state index in [0.29, 0.717) is 0 Å². The average Bonchev–Trinajstić information content (AvgIpc) is 3.01. The summed E-state index contributed by atoms with van der Waals surface area (Å²) in [5.74, 6) is 0. The second-order valence-electron chi connectivity index (χ2n) is 12.5. The molecule has 224 valence electrons. The molecule has 0 nitrogen and oxygen atoms in total. The lowest BCUT2D eigenvalue weighted by molar-refractivity contribution is 0.525. The number of unbranched alkanes of at least 4 members (excludes halogenated alkanes) is 17. The highest BCUT2D eigenvalue weighted by Gasteiger charge is 2.02. The van der Waals surface area contributed by atoms with Crippen LogP contribution in [0.2, 0.25) is 6.55 Å². The molecule has 0 radical (unpaired) electrons. The zero-order valence-electron chi connectivity index (χ0n) is 26.8. The van der Waals surface area contributed by atoms with Gasteiger partial charge in [-0.2, -0.15) is 0 Å². The van der Waals surface area contributed by atoms with E-state index in [1.54, 1.807) is 0 Å². The van der Waals surface area contributed by atoms with Crippen LogP contribution in [0.3, 0.4) is 0 Å². The molecule has 1 heteroatoms. The van der Waals surface area contributed by atoms with E-state index in [1.165, 1.54) is 161 Å². The second-order valence-corrected chi connectivity index (χ2v) is 14.0. The molecular weight excluding hydrogens is 509 g/mol. The van der Waals surface area contributed by atoms with Crippen LogP contribution < -0.4 is 0 Å². The maximum atomic E-state index is 2.38. The van der Waals surface area contributed by atoms with E-state index in [4.69, 9.17) is 0 Å². The molecule has 0 bridgehead atoms. The zero-order chi connectivity index (χ0) is 28.8. The van der Waals surface area contributed by atoms with Crippen molar-refractivity contribution < 1.29 is 0 Å². The van der Waals surface area contributed by atoms with Gasteiger partial charge in [-0.25, -0.2) is 0 Å². The predicted molar refractivity (Wildman–Crippen MR) is 188 cm³/mol.